The third-order valence-corrected chi connectivity index (χ3v) is 6.37. The fraction of sp³-hybridized carbons (Fsp3) is 1.00. The van der Waals surface area contributed by atoms with E-state index in [0.717, 1.165) is 22.3 Å². The van der Waals surface area contributed by atoms with Crippen LogP contribution in [0.15, 0.2) is 0 Å². The van der Waals surface area contributed by atoms with Crippen LogP contribution in [0.3, 0.4) is 0 Å². The highest BCUT2D eigenvalue weighted by atomic mass is 32.2. The zero-order valence-electron chi connectivity index (χ0n) is 10.0. The molecule has 1 heterocycles. The summed E-state index contributed by atoms with van der Waals surface area (Å²) < 4.78 is 0. The summed E-state index contributed by atoms with van der Waals surface area (Å²) in [5.41, 5.74) is 0.510. The molecule has 4 unspecified atom stereocenters. The van der Waals surface area contributed by atoms with E-state index in [-0.39, 0.29) is 0 Å². The van der Waals surface area contributed by atoms with E-state index < -0.39 is 0 Å². The summed E-state index contributed by atoms with van der Waals surface area (Å²) >= 11 is 2.32. The van der Waals surface area contributed by atoms with E-state index in [1.807, 2.05) is 0 Å². The molecular formula is C13H24S. The minimum Gasteiger partial charge on any atom is -0.154 e. The van der Waals surface area contributed by atoms with E-state index in [0.29, 0.717) is 5.41 Å². The van der Waals surface area contributed by atoms with Gasteiger partial charge in [0.15, 0.2) is 0 Å². The number of thioether (sulfide) groups is 1. The second-order valence-corrected chi connectivity index (χ2v) is 7.51. The molecule has 1 aliphatic heterocycles. The Balaban J connectivity index is 2.14. The Labute approximate surface area is 93.2 Å². The van der Waals surface area contributed by atoms with Gasteiger partial charge < -0.3 is 0 Å². The molecule has 0 aromatic carbocycles. The lowest BCUT2D eigenvalue weighted by molar-refractivity contribution is 0.254. The van der Waals surface area contributed by atoms with Gasteiger partial charge in [0, 0.05) is 10.5 Å². The molecule has 0 bridgehead atoms. The lowest BCUT2D eigenvalue weighted by atomic mass is 9.76. The standard InChI is InChI=1S/C13H24S/c1-5-9-10-7-6-8-11(10)14-12(9)13(2,3)4/h9-12H,5-8H2,1-4H3. The molecule has 2 rings (SSSR count). The Morgan fingerprint density at radius 3 is 2.50 bits per heavy atom. The maximum absolute atomic E-state index is 2.42. The maximum Gasteiger partial charge on any atom is 0.0130 e. The maximum atomic E-state index is 2.42. The molecule has 4 atom stereocenters. The Morgan fingerprint density at radius 2 is 1.93 bits per heavy atom. The smallest absolute Gasteiger partial charge is 0.0130 e. The van der Waals surface area contributed by atoms with Crippen LogP contribution in [-0.2, 0) is 0 Å². The van der Waals surface area contributed by atoms with E-state index in [9.17, 15) is 0 Å². The van der Waals surface area contributed by atoms with E-state index in [4.69, 9.17) is 0 Å². The molecule has 0 aromatic rings. The number of fused-ring (bicyclic) bond motifs is 1. The summed E-state index contributed by atoms with van der Waals surface area (Å²) in [6, 6.07) is 0. The molecule has 0 amide bonds. The topological polar surface area (TPSA) is 0 Å². The van der Waals surface area contributed by atoms with Crippen LogP contribution in [0, 0.1) is 17.3 Å². The van der Waals surface area contributed by atoms with Gasteiger partial charge in [-0.15, -0.1) is 0 Å². The molecular weight excluding hydrogens is 188 g/mol. The van der Waals surface area contributed by atoms with Crippen molar-refractivity contribution >= 4 is 11.8 Å². The lowest BCUT2D eigenvalue weighted by Gasteiger charge is -2.32. The second-order valence-electron chi connectivity index (χ2n) is 6.13. The predicted molar refractivity (Wildman–Crippen MR) is 65.7 cm³/mol. The van der Waals surface area contributed by atoms with Crippen LogP contribution < -0.4 is 0 Å². The van der Waals surface area contributed by atoms with Crippen molar-refractivity contribution in [2.45, 2.75) is 63.9 Å². The van der Waals surface area contributed by atoms with E-state index in [2.05, 4.69) is 39.5 Å². The quantitative estimate of drug-likeness (QED) is 0.623. The highest BCUT2D eigenvalue weighted by Crippen LogP contribution is 2.56. The van der Waals surface area contributed by atoms with Crippen molar-refractivity contribution in [3.05, 3.63) is 0 Å². The van der Waals surface area contributed by atoms with Crippen molar-refractivity contribution in [2.24, 2.45) is 17.3 Å². The van der Waals surface area contributed by atoms with Gasteiger partial charge in [-0.1, -0.05) is 40.5 Å². The molecule has 0 nitrogen and oxygen atoms in total. The highest BCUT2D eigenvalue weighted by molar-refractivity contribution is 8.00. The largest absolute Gasteiger partial charge is 0.154 e. The van der Waals surface area contributed by atoms with Crippen LogP contribution in [0.25, 0.3) is 0 Å². The molecule has 1 heteroatoms. The van der Waals surface area contributed by atoms with Gasteiger partial charge in [0.1, 0.15) is 0 Å². The van der Waals surface area contributed by atoms with Crippen LogP contribution in [0.5, 0.6) is 0 Å². The van der Waals surface area contributed by atoms with Crippen LogP contribution in [0.2, 0.25) is 0 Å². The van der Waals surface area contributed by atoms with Crippen molar-refractivity contribution in [1.29, 1.82) is 0 Å². The lowest BCUT2D eigenvalue weighted by Crippen LogP contribution is -2.29. The van der Waals surface area contributed by atoms with E-state index in [1.54, 1.807) is 0 Å². The van der Waals surface area contributed by atoms with Gasteiger partial charge in [-0.05, 0) is 30.1 Å². The summed E-state index contributed by atoms with van der Waals surface area (Å²) in [5.74, 6) is 2.07. The first-order valence-electron chi connectivity index (χ1n) is 6.19. The summed E-state index contributed by atoms with van der Waals surface area (Å²) in [6.07, 6.45) is 5.91. The van der Waals surface area contributed by atoms with Crippen molar-refractivity contribution < 1.29 is 0 Å². The fourth-order valence-electron chi connectivity index (χ4n) is 3.49. The second kappa shape index (κ2) is 3.73. The fourth-order valence-corrected chi connectivity index (χ4v) is 5.71. The minimum absolute atomic E-state index is 0.510. The van der Waals surface area contributed by atoms with Crippen LogP contribution in [-0.4, -0.2) is 10.5 Å². The number of hydrogen-bond acceptors (Lipinski definition) is 1. The monoisotopic (exact) mass is 212 g/mol. The van der Waals surface area contributed by atoms with Crippen molar-refractivity contribution in [1.82, 2.24) is 0 Å². The van der Waals surface area contributed by atoms with Crippen LogP contribution >= 0.6 is 11.8 Å². The zero-order chi connectivity index (χ0) is 10.3. The van der Waals surface area contributed by atoms with E-state index >= 15 is 0 Å². The Kier molecular flexibility index (Phi) is 2.90. The van der Waals surface area contributed by atoms with Gasteiger partial charge in [0.05, 0.1) is 0 Å². The van der Waals surface area contributed by atoms with E-state index in [1.165, 1.54) is 25.7 Å². The van der Waals surface area contributed by atoms with Gasteiger partial charge >= 0.3 is 0 Å². The van der Waals surface area contributed by atoms with Crippen molar-refractivity contribution in [3.8, 4) is 0 Å². The molecule has 0 radical (unpaired) electrons. The normalized spacial score (nSPS) is 42.9. The average molecular weight is 212 g/mol. The zero-order valence-corrected chi connectivity index (χ0v) is 10.9. The highest BCUT2D eigenvalue weighted by Gasteiger charge is 2.48. The summed E-state index contributed by atoms with van der Waals surface area (Å²) in [4.78, 5) is 0. The predicted octanol–water partition coefficient (Wildman–Crippen LogP) is 4.34. The number of rotatable bonds is 1. The van der Waals surface area contributed by atoms with Crippen molar-refractivity contribution in [2.75, 3.05) is 0 Å². The first kappa shape index (κ1) is 10.9. The molecule has 2 aliphatic rings. The molecule has 14 heavy (non-hydrogen) atoms. The molecule has 0 spiro atoms. The summed E-state index contributed by atoms with van der Waals surface area (Å²) in [6.45, 7) is 9.67. The molecule has 1 saturated heterocycles. The third-order valence-electron chi connectivity index (χ3n) is 4.09. The molecule has 82 valence electrons. The molecule has 2 fully saturated rings. The Hall–Kier alpha value is 0.350. The van der Waals surface area contributed by atoms with Crippen LogP contribution in [0.1, 0.15) is 53.4 Å². The van der Waals surface area contributed by atoms with Gasteiger partial charge in [-0.2, -0.15) is 11.8 Å². The summed E-state index contributed by atoms with van der Waals surface area (Å²) in [5, 5.41) is 1.94. The Bertz CT molecular complexity index is 204. The van der Waals surface area contributed by atoms with Gasteiger partial charge in [-0.3, -0.25) is 0 Å². The van der Waals surface area contributed by atoms with Gasteiger partial charge in [-0.25, -0.2) is 0 Å². The van der Waals surface area contributed by atoms with Gasteiger partial charge in [0.25, 0.3) is 0 Å². The number of hydrogen-bond donors (Lipinski definition) is 0. The molecule has 0 aromatic heterocycles. The first-order valence-corrected chi connectivity index (χ1v) is 7.13. The molecule has 0 N–H and O–H groups in total. The van der Waals surface area contributed by atoms with Gasteiger partial charge in [0.2, 0.25) is 0 Å². The minimum atomic E-state index is 0.510. The third kappa shape index (κ3) is 1.73. The molecule has 1 aliphatic carbocycles. The summed E-state index contributed by atoms with van der Waals surface area (Å²) in [7, 11) is 0. The average Bonchev–Trinajstić information content (AvgIpc) is 2.58. The molecule has 1 saturated carbocycles. The first-order chi connectivity index (χ1) is 6.54. The van der Waals surface area contributed by atoms with Crippen molar-refractivity contribution in [3.63, 3.8) is 0 Å². The Morgan fingerprint density at radius 1 is 1.21 bits per heavy atom. The van der Waals surface area contributed by atoms with Crippen LogP contribution in [0.4, 0.5) is 0 Å². The SMILES string of the molecule is CCC1C2CCCC2SC1C(C)(C)C.